The van der Waals surface area contributed by atoms with Crippen molar-refractivity contribution in [3.63, 3.8) is 0 Å². The van der Waals surface area contributed by atoms with Crippen molar-refractivity contribution >= 4 is 70.5 Å². The number of nitrogens with zero attached hydrogens (tertiary/aromatic N) is 4. The van der Waals surface area contributed by atoms with E-state index >= 15 is 0 Å². The summed E-state index contributed by atoms with van der Waals surface area (Å²) in [5, 5.41) is 15.2. The van der Waals surface area contributed by atoms with Gasteiger partial charge in [-0.3, -0.25) is 43.3 Å². The number of amides is 8. The molecule has 73 heavy (non-hydrogen) atoms. The highest BCUT2D eigenvalue weighted by atomic mass is 35.5. The van der Waals surface area contributed by atoms with Gasteiger partial charge < -0.3 is 46.0 Å². The second kappa shape index (κ2) is 29.8. The Balaban J connectivity index is 1.68. The van der Waals surface area contributed by atoms with Gasteiger partial charge in [0, 0.05) is 70.7 Å². The summed E-state index contributed by atoms with van der Waals surface area (Å²) < 4.78 is 5.48. The molecule has 18 nitrogen and oxygen atoms in total. The molecular formula is C53H81Cl2N9O9. The normalized spacial score (nSPS) is 22.1. The molecule has 0 aromatic heterocycles. The molecule has 3 fully saturated rings. The first-order valence-corrected chi connectivity index (χ1v) is 26.9. The van der Waals surface area contributed by atoms with Crippen LogP contribution in [0.15, 0.2) is 18.2 Å². The van der Waals surface area contributed by atoms with Crippen LogP contribution in [0.2, 0.25) is 10.0 Å². The van der Waals surface area contributed by atoms with E-state index in [1.807, 2.05) is 20.8 Å². The van der Waals surface area contributed by atoms with E-state index in [1.54, 1.807) is 25.2 Å². The van der Waals surface area contributed by atoms with Crippen molar-refractivity contribution in [2.45, 2.75) is 160 Å². The molecule has 0 bridgehead atoms. The minimum atomic E-state index is -1.18. The van der Waals surface area contributed by atoms with Crippen LogP contribution in [-0.2, 0) is 49.5 Å². The standard InChI is InChI=1S/C53H81Cl2N9O9/c1-9-17-41-49(69)61(6)26-15-13-20-44(47(67)59-43(32-35(3)4)51(71)63(8)45(48(68)58-41)34-37-33-38(54)21-22-39(37)55)62(7)50(70)42(19-11-14-25-56-36(5)65)57-46(66)40(60-52(72)53(10-2)23-24-53)18-12-16-27-64-28-30-73-31-29-64/h2,21-22,33,35,40-45H,9,11-20,23-32,34H2,1,3-8H3,(H,56,65)(H,57,66)(H,58,68)(H,59,67)(H,60,72)/t40-,41+,42-,43-,44-,45-/m0/s1. The minimum Gasteiger partial charge on any atom is -0.379 e. The maximum atomic E-state index is 15.0. The molecule has 6 atom stereocenters. The van der Waals surface area contributed by atoms with Crippen molar-refractivity contribution in [2.24, 2.45) is 11.3 Å². The van der Waals surface area contributed by atoms with Crippen molar-refractivity contribution in [3.8, 4) is 12.3 Å². The Kier molecular flexibility index (Phi) is 24.7. The van der Waals surface area contributed by atoms with Gasteiger partial charge in [-0.1, -0.05) is 56.3 Å². The SMILES string of the molecule is C#CC1(C(=O)N[C@@H](CCCCN2CCOCC2)C(=O)N[C@@H](CCCCNC(C)=O)C(=O)N(C)[C@H]2CCCCN(C)C(=O)[C@@H](CCC)NC(=O)[C@H](Cc3cc(Cl)ccc3Cl)N(C)C(=O)[C@H](CC(C)C)NC2=O)CC1. The summed E-state index contributed by atoms with van der Waals surface area (Å²) in [4.78, 5) is 119. The Morgan fingerprint density at radius 1 is 0.904 bits per heavy atom. The molecule has 1 aromatic rings. The lowest BCUT2D eigenvalue weighted by Crippen LogP contribution is -2.60. The number of terminal acetylenes is 1. The van der Waals surface area contributed by atoms with Crippen LogP contribution in [0.5, 0.6) is 0 Å². The van der Waals surface area contributed by atoms with Crippen LogP contribution in [0.1, 0.15) is 123 Å². The van der Waals surface area contributed by atoms with Gasteiger partial charge >= 0.3 is 0 Å². The summed E-state index contributed by atoms with van der Waals surface area (Å²) in [7, 11) is 4.60. The topological polar surface area (TPSA) is 219 Å². The number of benzene rings is 1. The maximum absolute atomic E-state index is 15.0. The first-order chi connectivity index (χ1) is 34.7. The van der Waals surface area contributed by atoms with E-state index in [9.17, 15) is 38.4 Å². The van der Waals surface area contributed by atoms with Crippen LogP contribution in [0.4, 0.5) is 0 Å². The summed E-state index contributed by atoms with van der Waals surface area (Å²) in [6.45, 7) is 11.5. The maximum Gasteiger partial charge on any atom is 0.245 e. The van der Waals surface area contributed by atoms with E-state index in [0.717, 1.165) is 26.1 Å². The summed E-state index contributed by atoms with van der Waals surface area (Å²) in [5.74, 6) is -1.37. The van der Waals surface area contributed by atoms with E-state index in [2.05, 4.69) is 37.4 Å². The second-order valence-corrected chi connectivity index (χ2v) is 21.3. The number of halogens is 2. The molecule has 1 aromatic carbocycles. The third kappa shape index (κ3) is 18.7. The van der Waals surface area contributed by atoms with Gasteiger partial charge in [0.25, 0.3) is 0 Å². The van der Waals surface area contributed by atoms with Crippen molar-refractivity contribution < 1.29 is 43.1 Å². The fourth-order valence-electron chi connectivity index (χ4n) is 9.35. The number of hydrogen-bond donors (Lipinski definition) is 5. The van der Waals surface area contributed by atoms with Gasteiger partial charge in [0.15, 0.2) is 0 Å². The van der Waals surface area contributed by atoms with E-state index in [-0.39, 0.29) is 56.4 Å². The number of rotatable bonds is 22. The molecule has 0 radical (unpaired) electrons. The average molecular weight is 1060 g/mol. The molecule has 2 heterocycles. The van der Waals surface area contributed by atoms with Crippen LogP contribution in [0.3, 0.4) is 0 Å². The van der Waals surface area contributed by atoms with Gasteiger partial charge in [0.05, 0.1) is 13.2 Å². The number of carbonyl (C=O) groups is 8. The molecule has 8 amide bonds. The zero-order chi connectivity index (χ0) is 53.8. The van der Waals surface area contributed by atoms with E-state index in [4.69, 9.17) is 34.4 Å². The van der Waals surface area contributed by atoms with Crippen LogP contribution >= 0.6 is 23.2 Å². The molecule has 1 aliphatic carbocycles. The molecule has 2 saturated heterocycles. The molecule has 2 aliphatic heterocycles. The van der Waals surface area contributed by atoms with E-state index < -0.39 is 77.1 Å². The van der Waals surface area contributed by atoms with Crippen LogP contribution < -0.4 is 26.6 Å². The summed E-state index contributed by atoms with van der Waals surface area (Å²) >= 11 is 13.0. The fourth-order valence-corrected chi connectivity index (χ4v) is 9.74. The predicted octanol–water partition coefficient (Wildman–Crippen LogP) is 3.84. The number of unbranched alkanes of at least 4 members (excludes halogenated alkanes) is 2. The third-order valence-corrected chi connectivity index (χ3v) is 14.7. The van der Waals surface area contributed by atoms with Crippen LogP contribution in [0.25, 0.3) is 0 Å². The Morgan fingerprint density at radius 3 is 2.22 bits per heavy atom. The first-order valence-electron chi connectivity index (χ1n) is 26.2. The average Bonchev–Trinajstić information content (AvgIpc) is 4.17. The number of hydrogen-bond acceptors (Lipinski definition) is 10. The monoisotopic (exact) mass is 1060 g/mol. The Morgan fingerprint density at radius 2 is 1.58 bits per heavy atom. The van der Waals surface area contributed by atoms with Gasteiger partial charge in [0.1, 0.15) is 41.7 Å². The van der Waals surface area contributed by atoms with Gasteiger partial charge in [-0.2, -0.15) is 0 Å². The molecule has 4 rings (SSSR count). The molecule has 20 heteroatoms. The zero-order valence-electron chi connectivity index (χ0n) is 44.1. The van der Waals surface area contributed by atoms with Crippen LogP contribution in [-0.4, -0.2) is 170 Å². The van der Waals surface area contributed by atoms with Crippen molar-refractivity contribution in [2.75, 3.05) is 67.1 Å². The summed E-state index contributed by atoms with van der Waals surface area (Å²) in [6, 6.07) is -1.70. The molecule has 3 aliphatic rings. The second-order valence-electron chi connectivity index (χ2n) is 20.4. The molecule has 406 valence electrons. The lowest BCUT2D eigenvalue weighted by Gasteiger charge is -2.35. The third-order valence-electron chi connectivity index (χ3n) is 14.1. The number of morpholine rings is 1. The molecule has 0 unspecified atom stereocenters. The number of likely N-dealkylation sites (N-methyl/N-ethyl adjacent to an activating group) is 3. The summed E-state index contributed by atoms with van der Waals surface area (Å²) in [5.41, 5.74) is -0.486. The number of carbonyl (C=O) groups excluding carboxylic acids is 8. The Labute approximate surface area is 442 Å². The fraction of sp³-hybridized carbons (Fsp3) is 0.698. The Bertz CT molecular complexity index is 2110. The van der Waals surface area contributed by atoms with Gasteiger partial charge in [0.2, 0.25) is 47.3 Å². The first kappa shape index (κ1) is 60.6. The largest absolute Gasteiger partial charge is 0.379 e. The molecular weight excluding hydrogens is 978 g/mol. The van der Waals surface area contributed by atoms with Crippen molar-refractivity contribution in [1.82, 2.24) is 46.2 Å². The quantitative estimate of drug-likeness (QED) is 0.0835. The molecule has 0 spiro atoms. The van der Waals surface area contributed by atoms with Gasteiger partial charge in [-0.25, -0.2) is 0 Å². The van der Waals surface area contributed by atoms with E-state index in [0.29, 0.717) is 93.2 Å². The van der Waals surface area contributed by atoms with Gasteiger partial charge in [-0.15, -0.1) is 6.42 Å². The highest BCUT2D eigenvalue weighted by Crippen LogP contribution is 2.45. The highest BCUT2D eigenvalue weighted by Gasteiger charge is 2.49. The van der Waals surface area contributed by atoms with Crippen LogP contribution in [0, 0.1) is 23.7 Å². The lowest BCUT2D eigenvalue weighted by molar-refractivity contribution is -0.146. The van der Waals surface area contributed by atoms with Crippen molar-refractivity contribution in [3.05, 3.63) is 33.8 Å². The highest BCUT2D eigenvalue weighted by molar-refractivity contribution is 6.33. The summed E-state index contributed by atoms with van der Waals surface area (Å²) in [6.07, 6.45) is 11.5. The lowest BCUT2D eigenvalue weighted by atomic mass is 9.98. The number of ether oxygens (including phenoxy) is 1. The molecule has 1 saturated carbocycles. The molecule has 5 N–H and O–H groups in total. The Hall–Kier alpha value is -4.96. The predicted molar refractivity (Wildman–Crippen MR) is 281 cm³/mol. The number of nitrogens with one attached hydrogen (secondary N) is 5. The van der Waals surface area contributed by atoms with E-state index in [1.165, 1.54) is 35.7 Å². The smallest absolute Gasteiger partial charge is 0.245 e. The zero-order valence-corrected chi connectivity index (χ0v) is 45.6. The van der Waals surface area contributed by atoms with Crippen molar-refractivity contribution in [1.29, 1.82) is 0 Å². The minimum absolute atomic E-state index is 0.0553. The van der Waals surface area contributed by atoms with Gasteiger partial charge in [-0.05, 0) is 120 Å².